The summed E-state index contributed by atoms with van der Waals surface area (Å²) < 4.78 is 81.7. The number of aromatic nitrogens is 3. The number of halogens is 5. The second-order valence-corrected chi connectivity index (χ2v) is 14.1. The SMILES string of the molecule is Nc1nc2c(-c3c(C(F)(F)F)cc4c(N[C@H]5CCC6(CNC6)C5)nc(OCC56CCCN5CCC6)nc4c3F)ccc(F)c2s1. The fourth-order valence-electron chi connectivity index (χ4n) is 8.04. The third-order valence-electron chi connectivity index (χ3n) is 10.3. The lowest BCUT2D eigenvalue weighted by molar-refractivity contribution is -0.137. The quantitative estimate of drug-likeness (QED) is 0.209. The molecule has 14 heteroatoms. The zero-order valence-corrected chi connectivity index (χ0v) is 25.2. The Balaban J connectivity index is 1.28. The highest BCUT2D eigenvalue weighted by Crippen LogP contribution is 2.47. The number of ether oxygens (including phenoxy) is 1. The van der Waals surface area contributed by atoms with Crippen LogP contribution in [0.2, 0.25) is 0 Å². The van der Waals surface area contributed by atoms with E-state index in [1.165, 1.54) is 0 Å². The van der Waals surface area contributed by atoms with Crippen molar-refractivity contribution in [3.05, 3.63) is 35.4 Å². The number of anilines is 2. The predicted octanol–water partition coefficient (Wildman–Crippen LogP) is 6.35. The van der Waals surface area contributed by atoms with E-state index in [0.29, 0.717) is 6.61 Å². The summed E-state index contributed by atoms with van der Waals surface area (Å²) in [6.07, 6.45) is 1.70. The summed E-state index contributed by atoms with van der Waals surface area (Å²) in [7, 11) is 0. The molecular weight excluding hydrogens is 613 g/mol. The number of hydrogen-bond donors (Lipinski definition) is 3. The highest BCUT2D eigenvalue weighted by atomic mass is 32.1. The molecule has 3 saturated heterocycles. The molecule has 0 unspecified atom stereocenters. The molecule has 5 heterocycles. The second-order valence-electron chi connectivity index (χ2n) is 13.1. The molecule has 8 nitrogen and oxygen atoms in total. The molecule has 3 aliphatic heterocycles. The number of hydrogen-bond acceptors (Lipinski definition) is 9. The summed E-state index contributed by atoms with van der Waals surface area (Å²) in [5.74, 6) is -1.80. The van der Waals surface area contributed by atoms with E-state index in [0.717, 1.165) is 101 Å². The van der Waals surface area contributed by atoms with Crippen LogP contribution in [0, 0.1) is 17.0 Å². The lowest BCUT2D eigenvalue weighted by Crippen LogP contribution is -2.52. The van der Waals surface area contributed by atoms with Gasteiger partial charge >= 0.3 is 12.2 Å². The van der Waals surface area contributed by atoms with Gasteiger partial charge in [-0.2, -0.15) is 23.1 Å². The van der Waals surface area contributed by atoms with Crippen LogP contribution in [0.3, 0.4) is 0 Å². The molecule has 4 aliphatic rings. The smallest absolute Gasteiger partial charge is 0.417 e. The van der Waals surface area contributed by atoms with E-state index in [9.17, 15) is 17.6 Å². The van der Waals surface area contributed by atoms with Gasteiger partial charge in [0.15, 0.2) is 10.9 Å². The van der Waals surface area contributed by atoms with Crippen molar-refractivity contribution in [1.82, 2.24) is 25.2 Å². The third kappa shape index (κ3) is 4.78. The molecule has 1 aliphatic carbocycles. The van der Waals surface area contributed by atoms with E-state index in [2.05, 4.69) is 30.5 Å². The van der Waals surface area contributed by atoms with Gasteiger partial charge in [0.25, 0.3) is 0 Å². The number of thiazole rings is 1. The second kappa shape index (κ2) is 10.3. The van der Waals surface area contributed by atoms with Crippen LogP contribution in [-0.2, 0) is 6.18 Å². The van der Waals surface area contributed by atoms with Crippen LogP contribution in [-0.4, -0.2) is 64.2 Å². The Labute approximate surface area is 259 Å². The van der Waals surface area contributed by atoms with Gasteiger partial charge < -0.3 is 21.1 Å². The van der Waals surface area contributed by atoms with Crippen molar-refractivity contribution >= 4 is 43.4 Å². The largest absolute Gasteiger partial charge is 0.461 e. The summed E-state index contributed by atoms with van der Waals surface area (Å²) in [6.45, 7) is 4.07. The maximum absolute atomic E-state index is 16.8. The summed E-state index contributed by atoms with van der Waals surface area (Å²) in [5.41, 5.74) is 3.15. The topological polar surface area (TPSA) is 101 Å². The van der Waals surface area contributed by atoms with Crippen molar-refractivity contribution in [2.75, 3.05) is 43.8 Å². The van der Waals surface area contributed by atoms with Crippen LogP contribution >= 0.6 is 11.3 Å². The third-order valence-corrected chi connectivity index (χ3v) is 11.2. The average molecular weight is 646 g/mol. The Kier molecular flexibility index (Phi) is 6.67. The minimum atomic E-state index is -4.96. The molecule has 45 heavy (non-hydrogen) atoms. The molecule has 8 rings (SSSR count). The van der Waals surface area contributed by atoms with Crippen molar-refractivity contribution in [3.8, 4) is 17.1 Å². The zero-order chi connectivity index (χ0) is 31.1. The Morgan fingerprint density at radius 2 is 1.84 bits per heavy atom. The highest BCUT2D eigenvalue weighted by molar-refractivity contribution is 7.22. The molecule has 1 atom stereocenters. The maximum Gasteiger partial charge on any atom is 0.417 e. The molecule has 1 spiro atoms. The molecule has 1 saturated carbocycles. The Morgan fingerprint density at radius 3 is 2.53 bits per heavy atom. The average Bonchev–Trinajstić information content (AvgIpc) is 3.75. The van der Waals surface area contributed by atoms with E-state index in [4.69, 9.17) is 10.5 Å². The van der Waals surface area contributed by atoms with E-state index < -0.39 is 28.9 Å². The predicted molar refractivity (Wildman–Crippen MR) is 162 cm³/mol. The van der Waals surface area contributed by atoms with E-state index in [-0.39, 0.29) is 60.6 Å². The standard InChI is InChI=1S/C31H32F5N7OS/c32-20-4-3-17(24-25(20)45-27(37)40-24)21-19(31(34,35)36)11-18-23(22(21)33)41-28(44-15-30-6-1-9-43(30)10-2-7-30)42-26(18)39-16-5-8-29(12-16)13-38-14-29/h3-4,11,16,38H,1-2,5-10,12-15H2,(H2,37,40)(H,39,41,42)/t16-/m0/s1. The number of nitrogens with zero attached hydrogens (tertiary/aromatic N) is 4. The fourth-order valence-corrected chi connectivity index (χ4v) is 8.81. The van der Waals surface area contributed by atoms with E-state index >= 15 is 4.39 Å². The van der Waals surface area contributed by atoms with Gasteiger partial charge in [0.1, 0.15) is 23.8 Å². The fraction of sp³-hybridized carbons (Fsp3) is 0.516. The molecule has 2 aromatic heterocycles. The van der Waals surface area contributed by atoms with Gasteiger partial charge in [-0.3, -0.25) is 4.90 Å². The first-order valence-electron chi connectivity index (χ1n) is 15.4. The highest BCUT2D eigenvalue weighted by Gasteiger charge is 2.46. The summed E-state index contributed by atoms with van der Waals surface area (Å²) in [5, 5.41) is 6.52. The van der Waals surface area contributed by atoms with Crippen molar-refractivity contribution < 1.29 is 26.7 Å². The summed E-state index contributed by atoms with van der Waals surface area (Å²) in [4.78, 5) is 15.4. The Hall–Kier alpha value is -3.36. The molecular formula is C31H32F5N7OS. The van der Waals surface area contributed by atoms with Crippen LogP contribution in [0.5, 0.6) is 6.01 Å². The minimum absolute atomic E-state index is 0.0427. The minimum Gasteiger partial charge on any atom is -0.461 e. The lowest BCUT2D eigenvalue weighted by Gasteiger charge is -2.39. The maximum atomic E-state index is 16.8. The number of nitrogens with one attached hydrogen (secondary N) is 2. The number of benzene rings is 2. The first-order valence-corrected chi connectivity index (χ1v) is 16.2. The van der Waals surface area contributed by atoms with Crippen LogP contribution in [0.15, 0.2) is 18.2 Å². The number of nitrogen functional groups attached to an aromatic ring is 1. The van der Waals surface area contributed by atoms with Crippen LogP contribution < -0.4 is 21.1 Å². The first-order chi connectivity index (χ1) is 21.5. The van der Waals surface area contributed by atoms with Gasteiger partial charge in [0, 0.05) is 35.6 Å². The van der Waals surface area contributed by atoms with Crippen molar-refractivity contribution in [2.24, 2.45) is 5.41 Å². The van der Waals surface area contributed by atoms with Crippen LogP contribution in [0.25, 0.3) is 32.2 Å². The van der Waals surface area contributed by atoms with E-state index in [1.807, 2.05) is 0 Å². The molecule has 0 amide bonds. The first kappa shape index (κ1) is 29.1. The number of fused-ring (bicyclic) bond motifs is 3. The van der Waals surface area contributed by atoms with E-state index in [1.54, 1.807) is 0 Å². The van der Waals surface area contributed by atoms with Gasteiger partial charge in [-0.1, -0.05) is 11.3 Å². The Bertz CT molecular complexity index is 1810. The monoisotopic (exact) mass is 645 g/mol. The van der Waals surface area contributed by atoms with Crippen molar-refractivity contribution in [3.63, 3.8) is 0 Å². The molecule has 4 N–H and O–H groups in total. The van der Waals surface area contributed by atoms with Crippen LogP contribution in [0.4, 0.5) is 32.9 Å². The molecule has 0 bridgehead atoms. The van der Waals surface area contributed by atoms with Gasteiger partial charge in [0.05, 0.1) is 21.3 Å². The van der Waals surface area contributed by atoms with Crippen molar-refractivity contribution in [2.45, 2.75) is 62.7 Å². The molecule has 4 fully saturated rings. The van der Waals surface area contributed by atoms with Crippen LogP contribution in [0.1, 0.15) is 50.5 Å². The number of rotatable bonds is 6. The summed E-state index contributed by atoms with van der Waals surface area (Å²) in [6, 6.07) is 2.84. The molecule has 238 valence electrons. The van der Waals surface area contributed by atoms with Gasteiger partial charge in [-0.05, 0) is 81.6 Å². The number of nitrogens with two attached hydrogens (primary N) is 1. The lowest BCUT2D eigenvalue weighted by atomic mass is 9.80. The molecule has 0 radical (unpaired) electrons. The van der Waals surface area contributed by atoms with Gasteiger partial charge in [0.2, 0.25) is 0 Å². The van der Waals surface area contributed by atoms with Gasteiger partial charge in [-0.15, -0.1) is 0 Å². The molecule has 2 aromatic carbocycles. The Morgan fingerprint density at radius 1 is 1.07 bits per heavy atom. The molecule has 4 aromatic rings. The zero-order valence-electron chi connectivity index (χ0n) is 24.4. The number of alkyl halides is 3. The van der Waals surface area contributed by atoms with Gasteiger partial charge in [-0.25, -0.2) is 13.8 Å². The summed E-state index contributed by atoms with van der Waals surface area (Å²) >= 11 is 0.789. The normalized spacial score (nSPS) is 22.4. The van der Waals surface area contributed by atoms with Crippen molar-refractivity contribution in [1.29, 1.82) is 0 Å².